The standard InChI is InChI=1S/C14H24N2O2/c1-4-16(9-12(2)3)14(18)10-15-7-5-13(11-17)6-8-15/h11,13H,2,4-10H2,1,3H3. The lowest BCUT2D eigenvalue weighted by Gasteiger charge is -2.31. The summed E-state index contributed by atoms with van der Waals surface area (Å²) in [5.41, 5.74) is 1.00. The lowest BCUT2D eigenvalue weighted by Crippen LogP contribution is -2.44. The SMILES string of the molecule is C=C(C)CN(CC)C(=O)CN1CCC(C=O)CC1. The van der Waals surface area contributed by atoms with Crippen LogP contribution in [0.4, 0.5) is 0 Å². The van der Waals surface area contributed by atoms with Crippen molar-refractivity contribution in [2.24, 2.45) is 5.92 Å². The maximum Gasteiger partial charge on any atom is 0.237 e. The first-order chi connectivity index (χ1) is 8.56. The fourth-order valence-electron chi connectivity index (χ4n) is 2.24. The minimum Gasteiger partial charge on any atom is -0.338 e. The molecule has 1 fully saturated rings. The number of hydrogen-bond acceptors (Lipinski definition) is 3. The molecule has 1 aliphatic heterocycles. The minimum atomic E-state index is 0.157. The molecule has 1 heterocycles. The summed E-state index contributed by atoms with van der Waals surface area (Å²) in [4.78, 5) is 26.7. The second-order valence-corrected chi connectivity index (χ2v) is 5.11. The maximum atomic E-state index is 12.1. The molecular weight excluding hydrogens is 228 g/mol. The molecule has 0 spiro atoms. The molecule has 0 aromatic carbocycles. The third-order valence-electron chi connectivity index (χ3n) is 3.38. The van der Waals surface area contributed by atoms with Crippen LogP contribution >= 0.6 is 0 Å². The highest BCUT2D eigenvalue weighted by Gasteiger charge is 2.22. The van der Waals surface area contributed by atoms with Gasteiger partial charge >= 0.3 is 0 Å². The lowest BCUT2D eigenvalue weighted by molar-refractivity contribution is -0.132. The molecule has 1 aliphatic rings. The zero-order valence-electron chi connectivity index (χ0n) is 11.5. The van der Waals surface area contributed by atoms with Gasteiger partial charge in [0, 0.05) is 19.0 Å². The van der Waals surface area contributed by atoms with Crippen molar-refractivity contribution in [3.8, 4) is 0 Å². The minimum absolute atomic E-state index is 0.157. The van der Waals surface area contributed by atoms with E-state index in [2.05, 4.69) is 11.5 Å². The number of hydrogen-bond donors (Lipinski definition) is 0. The first kappa shape index (κ1) is 14.9. The van der Waals surface area contributed by atoms with E-state index < -0.39 is 0 Å². The smallest absolute Gasteiger partial charge is 0.237 e. The summed E-state index contributed by atoms with van der Waals surface area (Å²) in [6.45, 7) is 11.3. The fourth-order valence-corrected chi connectivity index (χ4v) is 2.24. The molecule has 0 aliphatic carbocycles. The Morgan fingerprint density at radius 1 is 1.44 bits per heavy atom. The van der Waals surface area contributed by atoms with Gasteiger partial charge in [-0.05, 0) is 39.8 Å². The molecule has 0 radical (unpaired) electrons. The third-order valence-corrected chi connectivity index (χ3v) is 3.38. The van der Waals surface area contributed by atoms with Crippen molar-refractivity contribution in [3.05, 3.63) is 12.2 Å². The molecule has 0 unspecified atom stereocenters. The molecule has 0 saturated carbocycles. The van der Waals surface area contributed by atoms with Crippen LogP contribution in [0.3, 0.4) is 0 Å². The summed E-state index contributed by atoms with van der Waals surface area (Å²) in [6.07, 6.45) is 2.80. The van der Waals surface area contributed by atoms with Crippen LogP contribution in [-0.4, -0.2) is 54.7 Å². The Hall–Kier alpha value is -1.16. The Labute approximate surface area is 110 Å². The Bertz CT molecular complexity index is 307. The number of likely N-dealkylation sites (tertiary alicyclic amines) is 1. The average Bonchev–Trinajstić information content (AvgIpc) is 2.36. The highest BCUT2D eigenvalue weighted by molar-refractivity contribution is 5.78. The predicted molar refractivity (Wildman–Crippen MR) is 72.3 cm³/mol. The summed E-state index contributed by atoms with van der Waals surface area (Å²) in [6, 6.07) is 0. The van der Waals surface area contributed by atoms with Gasteiger partial charge in [-0.1, -0.05) is 12.2 Å². The first-order valence-electron chi connectivity index (χ1n) is 6.66. The van der Waals surface area contributed by atoms with Crippen LogP contribution in [0, 0.1) is 5.92 Å². The normalized spacial score (nSPS) is 17.4. The highest BCUT2D eigenvalue weighted by Crippen LogP contribution is 2.14. The van der Waals surface area contributed by atoms with E-state index in [1.807, 2.05) is 18.7 Å². The number of piperidine rings is 1. The molecule has 18 heavy (non-hydrogen) atoms. The maximum absolute atomic E-state index is 12.1. The van der Waals surface area contributed by atoms with Crippen LogP contribution in [0.1, 0.15) is 26.7 Å². The zero-order valence-corrected chi connectivity index (χ0v) is 11.5. The summed E-state index contributed by atoms with van der Waals surface area (Å²) in [5.74, 6) is 0.346. The monoisotopic (exact) mass is 252 g/mol. The van der Waals surface area contributed by atoms with E-state index in [1.54, 1.807) is 0 Å². The molecule has 4 heteroatoms. The molecule has 0 aromatic rings. The van der Waals surface area contributed by atoms with Crippen molar-refractivity contribution in [3.63, 3.8) is 0 Å². The molecular formula is C14H24N2O2. The summed E-state index contributed by atoms with van der Waals surface area (Å²) in [5, 5.41) is 0. The van der Waals surface area contributed by atoms with Crippen molar-refractivity contribution in [2.75, 3.05) is 32.7 Å². The Kier molecular flexibility index (Phi) is 6.05. The van der Waals surface area contributed by atoms with Crippen LogP contribution in [0.15, 0.2) is 12.2 Å². The fraction of sp³-hybridized carbons (Fsp3) is 0.714. The van der Waals surface area contributed by atoms with E-state index in [4.69, 9.17) is 0 Å². The van der Waals surface area contributed by atoms with Gasteiger partial charge < -0.3 is 9.69 Å². The topological polar surface area (TPSA) is 40.6 Å². The Morgan fingerprint density at radius 2 is 2.06 bits per heavy atom. The molecule has 1 saturated heterocycles. The van der Waals surface area contributed by atoms with Crippen LogP contribution in [0.25, 0.3) is 0 Å². The average molecular weight is 252 g/mol. The molecule has 4 nitrogen and oxygen atoms in total. The molecule has 1 amide bonds. The number of likely N-dealkylation sites (N-methyl/N-ethyl adjacent to an activating group) is 1. The van der Waals surface area contributed by atoms with E-state index in [0.717, 1.165) is 44.3 Å². The molecule has 0 bridgehead atoms. The number of rotatable bonds is 6. The van der Waals surface area contributed by atoms with Gasteiger partial charge in [-0.2, -0.15) is 0 Å². The van der Waals surface area contributed by atoms with Crippen LogP contribution < -0.4 is 0 Å². The zero-order chi connectivity index (χ0) is 13.5. The quantitative estimate of drug-likeness (QED) is 0.529. The van der Waals surface area contributed by atoms with Gasteiger partial charge in [-0.3, -0.25) is 9.69 Å². The number of aldehydes is 1. The van der Waals surface area contributed by atoms with Crippen LogP contribution in [-0.2, 0) is 9.59 Å². The Morgan fingerprint density at radius 3 is 2.50 bits per heavy atom. The molecule has 102 valence electrons. The van der Waals surface area contributed by atoms with Gasteiger partial charge in [0.05, 0.1) is 6.54 Å². The van der Waals surface area contributed by atoms with Gasteiger partial charge in [0.2, 0.25) is 5.91 Å². The predicted octanol–water partition coefficient (Wildman–Crippen LogP) is 1.32. The van der Waals surface area contributed by atoms with E-state index in [0.29, 0.717) is 13.1 Å². The number of amides is 1. The first-order valence-corrected chi connectivity index (χ1v) is 6.66. The largest absolute Gasteiger partial charge is 0.338 e. The lowest BCUT2D eigenvalue weighted by atomic mass is 9.99. The van der Waals surface area contributed by atoms with Gasteiger partial charge in [-0.25, -0.2) is 0 Å². The highest BCUT2D eigenvalue weighted by atomic mass is 16.2. The molecule has 0 aromatic heterocycles. The third kappa shape index (κ3) is 4.61. The van der Waals surface area contributed by atoms with Gasteiger partial charge in [-0.15, -0.1) is 0 Å². The van der Waals surface area contributed by atoms with Crippen molar-refractivity contribution < 1.29 is 9.59 Å². The van der Waals surface area contributed by atoms with Crippen molar-refractivity contribution in [2.45, 2.75) is 26.7 Å². The second-order valence-electron chi connectivity index (χ2n) is 5.11. The molecule has 0 atom stereocenters. The second kappa shape index (κ2) is 7.31. The molecule has 0 N–H and O–H groups in total. The number of carbonyl (C=O) groups is 2. The van der Waals surface area contributed by atoms with Crippen molar-refractivity contribution >= 4 is 12.2 Å². The van der Waals surface area contributed by atoms with Crippen molar-refractivity contribution in [1.29, 1.82) is 0 Å². The van der Waals surface area contributed by atoms with E-state index >= 15 is 0 Å². The summed E-state index contributed by atoms with van der Waals surface area (Å²) in [7, 11) is 0. The van der Waals surface area contributed by atoms with E-state index in [1.165, 1.54) is 0 Å². The Balaban J connectivity index is 2.39. The van der Waals surface area contributed by atoms with E-state index in [9.17, 15) is 9.59 Å². The van der Waals surface area contributed by atoms with Gasteiger partial charge in [0.25, 0.3) is 0 Å². The van der Waals surface area contributed by atoms with Gasteiger partial charge in [0.15, 0.2) is 0 Å². The number of carbonyl (C=O) groups excluding carboxylic acids is 2. The molecule has 1 rings (SSSR count). The van der Waals surface area contributed by atoms with Gasteiger partial charge in [0.1, 0.15) is 6.29 Å². The van der Waals surface area contributed by atoms with Crippen LogP contribution in [0.2, 0.25) is 0 Å². The van der Waals surface area contributed by atoms with E-state index in [-0.39, 0.29) is 11.8 Å². The number of nitrogens with zero attached hydrogens (tertiary/aromatic N) is 2. The summed E-state index contributed by atoms with van der Waals surface area (Å²) >= 11 is 0. The summed E-state index contributed by atoms with van der Waals surface area (Å²) < 4.78 is 0. The van der Waals surface area contributed by atoms with Crippen LogP contribution in [0.5, 0.6) is 0 Å². The van der Waals surface area contributed by atoms with Crippen molar-refractivity contribution in [1.82, 2.24) is 9.80 Å².